The van der Waals surface area contributed by atoms with Crippen LogP contribution in [0.25, 0.3) is 0 Å². The molecule has 4 heteroatoms. The Hall–Kier alpha value is -0.770. The van der Waals surface area contributed by atoms with Gasteiger partial charge in [0.2, 0.25) is 0 Å². The number of hydrogen-bond donors (Lipinski definition) is 1. The van der Waals surface area contributed by atoms with Crippen LogP contribution in [0, 0.1) is 5.92 Å². The van der Waals surface area contributed by atoms with E-state index in [0.717, 1.165) is 12.8 Å². The molecule has 2 saturated heterocycles. The average Bonchev–Trinajstić information content (AvgIpc) is 2.26. The van der Waals surface area contributed by atoms with Crippen LogP contribution in [-0.2, 0) is 4.74 Å². The minimum Gasteiger partial charge on any atom is -0.444 e. The number of nitrogens with two attached hydrogens (primary N) is 1. The molecule has 2 heterocycles. The Morgan fingerprint density at radius 1 is 1.29 bits per heavy atom. The predicted molar refractivity (Wildman–Crippen MR) is 66.7 cm³/mol. The van der Waals surface area contributed by atoms with Gasteiger partial charge in [0.1, 0.15) is 5.60 Å². The molecule has 3 rings (SSSR count). The molecule has 98 valence electrons. The maximum atomic E-state index is 12.2. The van der Waals surface area contributed by atoms with Gasteiger partial charge in [0.05, 0.1) is 6.04 Å². The highest BCUT2D eigenvalue weighted by Crippen LogP contribution is 2.39. The van der Waals surface area contributed by atoms with Gasteiger partial charge in [-0.1, -0.05) is 0 Å². The number of nitrogens with zero attached hydrogens (tertiary/aromatic N) is 1. The molecular weight excluding hydrogens is 216 g/mol. The third kappa shape index (κ3) is 2.57. The first kappa shape index (κ1) is 12.7. The first-order valence-corrected chi connectivity index (χ1v) is 6.64. The van der Waals surface area contributed by atoms with Gasteiger partial charge >= 0.3 is 6.09 Å². The van der Waals surface area contributed by atoms with E-state index in [0.29, 0.717) is 18.5 Å². The molecule has 17 heavy (non-hydrogen) atoms. The molecule has 0 aromatic heterocycles. The lowest BCUT2D eigenvalue weighted by Gasteiger charge is -2.50. The number of fused-ring (bicyclic) bond motifs is 3. The third-order valence-corrected chi connectivity index (χ3v) is 3.88. The Morgan fingerprint density at radius 2 is 1.88 bits per heavy atom. The topological polar surface area (TPSA) is 55.6 Å². The largest absolute Gasteiger partial charge is 0.444 e. The summed E-state index contributed by atoms with van der Waals surface area (Å²) in [5, 5.41) is 0. The fraction of sp³-hybridized carbons (Fsp3) is 0.923. The van der Waals surface area contributed by atoms with E-state index in [1.165, 1.54) is 12.8 Å². The molecule has 2 aliphatic heterocycles. The van der Waals surface area contributed by atoms with Crippen molar-refractivity contribution in [2.45, 2.75) is 64.1 Å². The number of hydrogen-bond acceptors (Lipinski definition) is 3. The smallest absolute Gasteiger partial charge is 0.410 e. The van der Waals surface area contributed by atoms with E-state index in [9.17, 15) is 4.79 Å². The van der Waals surface area contributed by atoms with Crippen molar-refractivity contribution in [1.82, 2.24) is 4.90 Å². The van der Waals surface area contributed by atoms with Crippen LogP contribution in [0.15, 0.2) is 0 Å². The summed E-state index contributed by atoms with van der Waals surface area (Å²) in [6.07, 6.45) is 4.47. The first-order chi connectivity index (χ1) is 7.92. The molecule has 1 saturated carbocycles. The van der Waals surface area contributed by atoms with Crippen LogP contribution in [0.2, 0.25) is 0 Å². The monoisotopic (exact) mass is 240 g/mol. The fourth-order valence-corrected chi connectivity index (χ4v) is 3.17. The van der Waals surface area contributed by atoms with Crippen LogP contribution < -0.4 is 5.73 Å². The van der Waals surface area contributed by atoms with E-state index in [2.05, 4.69) is 0 Å². The molecule has 2 N–H and O–H groups in total. The lowest BCUT2D eigenvalue weighted by atomic mass is 9.75. The van der Waals surface area contributed by atoms with E-state index < -0.39 is 5.60 Å². The van der Waals surface area contributed by atoms with Crippen molar-refractivity contribution in [3.8, 4) is 0 Å². The summed E-state index contributed by atoms with van der Waals surface area (Å²) in [5.41, 5.74) is 5.41. The van der Waals surface area contributed by atoms with Gasteiger partial charge in [0.25, 0.3) is 0 Å². The second-order valence-corrected chi connectivity index (χ2v) is 6.26. The first-order valence-electron chi connectivity index (χ1n) is 6.64. The summed E-state index contributed by atoms with van der Waals surface area (Å²) in [4.78, 5) is 14.1. The van der Waals surface area contributed by atoms with Gasteiger partial charge in [-0.25, -0.2) is 4.79 Å². The maximum Gasteiger partial charge on any atom is 0.410 e. The minimum absolute atomic E-state index is 0.178. The van der Waals surface area contributed by atoms with Gasteiger partial charge in [-0.15, -0.1) is 0 Å². The van der Waals surface area contributed by atoms with E-state index in [1.54, 1.807) is 0 Å². The quantitative estimate of drug-likeness (QED) is 0.764. The number of carbonyl (C=O) groups excluding carboxylic acids is 1. The second-order valence-electron chi connectivity index (χ2n) is 6.26. The van der Waals surface area contributed by atoms with Crippen LogP contribution in [0.5, 0.6) is 0 Å². The molecule has 0 unspecified atom stereocenters. The average molecular weight is 240 g/mol. The van der Waals surface area contributed by atoms with Crippen LogP contribution >= 0.6 is 0 Å². The standard InChI is InChI=1S/C13H24N2O2/c1-13(2,3)17-12(16)15-10-6-4-9(5-7-10)11(15)8-14/h9-11H,4-8,14H2,1-3H3/t9?,10?,11-/m1/s1. The molecule has 0 radical (unpaired) electrons. The molecule has 4 nitrogen and oxygen atoms in total. The number of amides is 1. The molecule has 0 aromatic carbocycles. The molecule has 3 aliphatic rings. The highest BCUT2D eigenvalue weighted by Gasteiger charge is 2.44. The Kier molecular flexibility index (Phi) is 3.34. The van der Waals surface area contributed by atoms with Crippen molar-refractivity contribution in [2.75, 3.05) is 6.54 Å². The van der Waals surface area contributed by atoms with Gasteiger partial charge in [-0.3, -0.25) is 0 Å². The fourth-order valence-electron chi connectivity index (χ4n) is 3.17. The van der Waals surface area contributed by atoms with Gasteiger partial charge in [-0.2, -0.15) is 0 Å². The zero-order valence-electron chi connectivity index (χ0n) is 11.1. The zero-order chi connectivity index (χ0) is 12.6. The van der Waals surface area contributed by atoms with Crippen molar-refractivity contribution in [3.05, 3.63) is 0 Å². The summed E-state index contributed by atoms with van der Waals surface area (Å²) >= 11 is 0. The Labute approximate surface area is 103 Å². The second kappa shape index (κ2) is 4.48. The van der Waals surface area contributed by atoms with Crippen LogP contribution in [0.3, 0.4) is 0 Å². The predicted octanol–water partition coefficient (Wildman–Crippen LogP) is 2.12. The van der Waals surface area contributed by atoms with Crippen molar-refractivity contribution >= 4 is 6.09 Å². The summed E-state index contributed by atoms with van der Waals surface area (Å²) in [6, 6.07) is 0.542. The third-order valence-electron chi connectivity index (χ3n) is 3.88. The molecule has 2 bridgehead atoms. The summed E-state index contributed by atoms with van der Waals surface area (Å²) in [6.45, 7) is 6.28. The SMILES string of the molecule is CC(C)(C)OC(=O)N1C2CCC(CC2)[C@H]1CN. The van der Waals surface area contributed by atoms with E-state index in [1.807, 2.05) is 25.7 Å². The number of rotatable bonds is 1. The van der Waals surface area contributed by atoms with E-state index >= 15 is 0 Å². The molecule has 0 aromatic rings. The molecule has 0 spiro atoms. The van der Waals surface area contributed by atoms with Gasteiger partial charge in [-0.05, 0) is 52.4 Å². The highest BCUT2D eigenvalue weighted by atomic mass is 16.6. The summed E-state index contributed by atoms with van der Waals surface area (Å²) in [5.74, 6) is 0.581. The molecule has 1 aliphatic carbocycles. The van der Waals surface area contributed by atoms with Crippen LogP contribution in [-0.4, -0.2) is 35.2 Å². The molecule has 1 amide bonds. The molecule has 3 fully saturated rings. The van der Waals surface area contributed by atoms with Crippen molar-refractivity contribution in [2.24, 2.45) is 11.7 Å². The number of piperidine rings is 2. The minimum atomic E-state index is -0.424. The molecule has 1 atom stereocenters. The van der Waals surface area contributed by atoms with Gasteiger partial charge < -0.3 is 15.4 Å². The lowest BCUT2D eigenvalue weighted by Crippen LogP contribution is -2.60. The normalized spacial score (nSPS) is 32.7. The van der Waals surface area contributed by atoms with Gasteiger partial charge in [0.15, 0.2) is 0 Å². The highest BCUT2D eigenvalue weighted by molar-refractivity contribution is 5.69. The van der Waals surface area contributed by atoms with E-state index in [4.69, 9.17) is 10.5 Å². The van der Waals surface area contributed by atoms with Crippen molar-refractivity contribution < 1.29 is 9.53 Å². The number of carbonyl (C=O) groups is 1. The van der Waals surface area contributed by atoms with E-state index in [-0.39, 0.29) is 12.1 Å². The molecular formula is C13H24N2O2. The van der Waals surface area contributed by atoms with Crippen LogP contribution in [0.4, 0.5) is 4.79 Å². The van der Waals surface area contributed by atoms with Gasteiger partial charge in [0, 0.05) is 12.6 Å². The van der Waals surface area contributed by atoms with Crippen LogP contribution in [0.1, 0.15) is 46.5 Å². The lowest BCUT2D eigenvalue weighted by molar-refractivity contribution is -0.0382. The summed E-state index contributed by atoms with van der Waals surface area (Å²) < 4.78 is 5.49. The zero-order valence-corrected chi connectivity index (χ0v) is 11.1. The Balaban J connectivity index is 2.10. The number of ether oxygens (including phenoxy) is 1. The summed E-state index contributed by atoms with van der Waals surface area (Å²) in [7, 11) is 0. The van der Waals surface area contributed by atoms with Crippen molar-refractivity contribution in [3.63, 3.8) is 0 Å². The van der Waals surface area contributed by atoms with Crippen molar-refractivity contribution in [1.29, 1.82) is 0 Å². The maximum absolute atomic E-state index is 12.2. The Bertz CT molecular complexity index is 290. The Morgan fingerprint density at radius 3 is 2.35 bits per heavy atom.